The molecule has 0 aliphatic rings. The molecule has 0 N–H and O–H groups in total. The second kappa shape index (κ2) is 10.0. The van der Waals surface area contributed by atoms with Crippen LogP contribution in [0.5, 0.6) is 5.75 Å². The summed E-state index contributed by atoms with van der Waals surface area (Å²) in [6, 6.07) is 19.9. The molecule has 0 spiro atoms. The average Bonchev–Trinajstić information content (AvgIpc) is 2.81. The minimum Gasteiger partial charge on any atom is -0.496 e. The number of hydrogen-bond donors (Lipinski definition) is 0. The molecule has 0 aromatic heterocycles. The number of methoxy groups -OCH3 is 1. The van der Waals surface area contributed by atoms with E-state index in [2.05, 4.69) is 0 Å². The lowest BCUT2D eigenvalue weighted by Crippen LogP contribution is -2.12. The minimum atomic E-state index is -0.905. The maximum absolute atomic E-state index is 12.5. The molecule has 3 rings (SSSR count). The Balaban J connectivity index is 1.83. The summed E-state index contributed by atoms with van der Waals surface area (Å²) >= 11 is 0. The molecule has 0 heterocycles. The normalized spacial score (nSPS) is 10.2. The Morgan fingerprint density at radius 3 is 1.74 bits per heavy atom. The van der Waals surface area contributed by atoms with E-state index in [1.165, 1.54) is 7.11 Å². The van der Waals surface area contributed by atoms with Gasteiger partial charge in [0.1, 0.15) is 30.1 Å². The molecule has 31 heavy (non-hydrogen) atoms. The number of carbonyl (C=O) groups excluding carboxylic acids is 2. The number of nitro groups is 1. The van der Waals surface area contributed by atoms with Gasteiger partial charge in [0.25, 0.3) is 5.69 Å². The summed E-state index contributed by atoms with van der Waals surface area (Å²) in [5.74, 6) is -1.75. The topological polar surface area (TPSA) is 105 Å². The first-order chi connectivity index (χ1) is 15.0. The van der Waals surface area contributed by atoms with Crippen molar-refractivity contribution in [3.8, 4) is 5.75 Å². The predicted octanol–water partition coefficient (Wildman–Crippen LogP) is 4.32. The van der Waals surface area contributed by atoms with Crippen molar-refractivity contribution in [1.82, 2.24) is 0 Å². The molecular formula is C23H19NO7. The molecular weight excluding hydrogens is 402 g/mol. The molecule has 0 unspecified atom stereocenters. The van der Waals surface area contributed by atoms with Gasteiger partial charge in [0.2, 0.25) is 0 Å². The molecule has 0 fully saturated rings. The minimum absolute atomic E-state index is 0.0164. The SMILES string of the molecule is COc1cc(C(=O)OCc2ccccc2)c([N+](=O)[O-])cc1C(=O)OCc1ccccc1. The summed E-state index contributed by atoms with van der Waals surface area (Å²) in [7, 11) is 1.29. The van der Waals surface area contributed by atoms with Crippen LogP contribution in [0.2, 0.25) is 0 Å². The highest BCUT2D eigenvalue weighted by molar-refractivity contribution is 5.99. The van der Waals surface area contributed by atoms with Gasteiger partial charge in [0.15, 0.2) is 0 Å². The van der Waals surface area contributed by atoms with E-state index >= 15 is 0 Å². The first-order valence-corrected chi connectivity index (χ1v) is 9.28. The fraction of sp³-hybridized carbons (Fsp3) is 0.130. The lowest BCUT2D eigenvalue weighted by atomic mass is 10.1. The molecule has 0 saturated carbocycles. The number of carbonyl (C=O) groups is 2. The summed E-state index contributed by atoms with van der Waals surface area (Å²) < 4.78 is 15.6. The molecule has 0 bridgehead atoms. The molecule has 0 atom stereocenters. The Morgan fingerprint density at radius 2 is 1.29 bits per heavy atom. The predicted molar refractivity (Wildman–Crippen MR) is 111 cm³/mol. The van der Waals surface area contributed by atoms with Crippen molar-refractivity contribution in [2.45, 2.75) is 13.2 Å². The zero-order valence-electron chi connectivity index (χ0n) is 16.6. The standard InChI is InChI=1S/C23H19NO7/c1-29-21-13-18(22(25)30-14-16-8-4-2-5-9-16)20(24(27)28)12-19(21)23(26)31-15-17-10-6-3-7-11-17/h2-13H,14-15H2,1H3. The number of benzene rings is 3. The number of nitrogens with zero attached hydrogens (tertiary/aromatic N) is 1. The van der Waals surface area contributed by atoms with Crippen molar-refractivity contribution < 1.29 is 28.7 Å². The summed E-state index contributed by atoms with van der Waals surface area (Å²) in [4.78, 5) is 35.8. The van der Waals surface area contributed by atoms with E-state index in [-0.39, 0.29) is 30.1 Å². The van der Waals surface area contributed by atoms with E-state index in [0.717, 1.165) is 23.3 Å². The molecule has 0 amide bonds. The van der Waals surface area contributed by atoms with Crippen LogP contribution in [0.3, 0.4) is 0 Å². The van der Waals surface area contributed by atoms with Gasteiger partial charge in [0, 0.05) is 12.1 Å². The number of hydrogen-bond acceptors (Lipinski definition) is 7. The van der Waals surface area contributed by atoms with Crippen molar-refractivity contribution in [2.24, 2.45) is 0 Å². The smallest absolute Gasteiger partial charge is 0.345 e. The molecule has 3 aromatic rings. The third-order valence-electron chi connectivity index (χ3n) is 4.38. The van der Waals surface area contributed by atoms with Gasteiger partial charge in [0.05, 0.1) is 12.0 Å². The fourth-order valence-electron chi connectivity index (χ4n) is 2.81. The molecule has 158 valence electrons. The Labute approximate surface area is 178 Å². The molecule has 0 radical (unpaired) electrons. The summed E-state index contributed by atoms with van der Waals surface area (Å²) in [5, 5.41) is 11.6. The van der Waals surface area contributed by atoms with Gasteiger partial charge >= 0.3 is 11.9 Å². The van der Waals surface area contributed by atoms with Crippen molar-refractivity contribution in [3.05, 3.63) is 105 Å². The highest BCUT2D eigenvalue weighted by atomic mass is 16.6. The first kappa shape index (κ1) is 21.5. The number of esters is 2. The van der Waals surface area contributed by atoms with E-state index in [4.69, 9.17) is 14.2 Å². The Hall–Kier alpha value is -4.20. The van der Waals surface area contributed by atoms with Crippen molar-refractivity contribution in [2.75, 3.05) is 7.11 Å². The molecule has 0 aliphatic heterocycles. The molecule has 8 heteroatoms. The monoisotopic (exact) mass is 421 g/mol. The second-order valence-corrected chi connectivity index (χ2v) is 6.45. The lowest BCUT2D eigenvalue weighted by molar-refractivity contribution is -0.385. The molecule has 0 aliphatic carbocycles. The Kier molecular flexibility index (Phi) is 6.95. The average molecular weight is 421 g/mol. The largest absolute Gasteiger partial charge is 0.496 e. The van der Waals surface area contributed by atoms with Crippen molar-refractivity contribution in [1.29, 1.82) is 0 Å². The highest BCUT2D eigenvalue weighted by Gasteiger charge is 2.28. The maximum Gasteiger partial charge on any atom is 0.345 e. The molecule has 0 saturated heterocycles. The van der Waals surface area contributed by atoms with Crippen LogP contribution in [0.15, 0.2) is 72.8 Å². The highest BCUT2D eigenvalue weighted by Crippen LogP contribution is 2.30. The molecule has 3 aromatic carbocycles. The fourth-order valence-corrected chi connectivity index (χ4v) is 2.81. The van der Waals surface area contributed by atoms with E-state index < -0.39 is 22.5 Å². The third-order valence-corrected chi connectivity index (χ3v) is 4.38. The van der Waals surface area contributed by atoms with Gasteiger partial charge < -0.3 is 14.2 Å². The third kappa shape index (κ3) is 5.45. The second-order valence-electron chi connectivity index (χ2n) is 6.45. The van der Waals surface area contributed by atoms with Crippen molar-refractivity contribution >= 4 is 17.6 Å². The lowest BCUT2D eigenvalue weighted by Gasteiger charge is -2.12. The summed E-state index contributed by atoms with van der Waals surface area (Å²) in [6.45, 7) is -0.0719. The van der Waals surface area contributed by atoms with Crippen LogP contribution >= 0.6 is 0 Å². The van der Waals surface area contributed by atoms with Crippen LogP contribution in [0.25, 0.3) is 0 Å². The van der Waals surface area contributed by atoms with Gasteiger partial charge in [-0.1, -0.05) is 60.7 Å². The number of ether oxygens (including phenoxy) is 3. The van der Waals surface area contributed by atoms with E-state index in [0.29, 0.717) is 0 Å². The van der Waals surface area contributed by atoms with Gasteiger partial charge in [-0.15, -0.1) is 0 Å². The van der Waals surface area contributed by atoms with Gasteiger partial charge in [-0.25, -0.2) is 9.59 Å². The van der Waals surface area contributed by atoms with Crippen LogP contribution < -0.4 is 4.74 Å². The Bertz CT molecular complexity index is 1080. The zero-order valence-corrected chi connectivity index (χ0v) is 16.6. The van der Waals surface area contributed by atoms with Gasteiger partial charge in [-0.3, -0.25) is 10.1 Å². The number of nitro benzene ring substituents is 1. The number of rotatable bonds is 8. The van der Waals surface area contributed by atoms with Crippen molar-refractivity contribution in [3.63, 3.8) is 0 Å². The maximum atomic E-state index is 12.5. The molecule has 8 nitrogen and oxygen atoms in total. The van der Waals surface area contributed by atoms with Crippen LogP contribution in [0, 0.1) is 10.1 Å². The quantitative estimate of drug-likeness (QED) is 0.303. The summed E-state index contributed by atoms with van der Waals surface area (Å²) in [6.07, 6.45) is 0. The summed E-state index contributed by atoms with van der Waals surface area (Å²) in [5.41, 5.74) is 0.421. The Morgan fingerprint density at radius 1 is 0.806 bits per heavy atom. The van der Waals surface area contributed by atoms with Gasteiger partial charge in [-0.2, -0.15) is 0 Å². The van der Waals surface area contributed by atoms with Crippen LogP contribution in [0.1, 0.15) is 31.8 Å². The van der Waals surface area contributed by atoms with Crippen LogP contribution in [-0.2, 0) is 22.7 Å². The van der Waals surface area contributed by atoms with E-state index in [1.807, 2.05) is 12.1 Å². The van der Waals surface area contributed by atoms with E-state index in [9.17, 15) is 19.7 Å². The van der Waals surface area contributed by atoms with Gasteiger partial charge in [-0.05, 0) is 11.1 Å². The van der Waals surface area contributed by atoms with Crippen LogP contribution in [0.4, 0.5) is 5.69 Å². The van der Waals surface area contributed by atoms with Crippen LogP contribution in [-0.4, -0.2) is 24.0 Å². The van der Waals surface area contributed by atoms with E-state index in [1.54, 1.807) is 48.5 Å². The first-order valence-electron chi connectivity index (χ1n) is 9.28. The zero-order chi connectivity index (χ0) is 22.2.